The molecule has 1 fully saturated rings. The molecule has 1 aliphatic rings. The van der Waals surface area contributed by atoms with E-state index < -0.39 is 23.7 Å². The van der Waals surface area contributed by atoms with E-state index in [1.165, 1.54) is 0 Å². The van der Waals surface area contributed by atoms with E-state index in [4.69, 9.17) is 9.84 Å². The highest BCUT2D eigenvalue weighted by Crippen LogP contribution is 2.15. The Balaban J connectivity index is 2.16. The van der Waals surface area contributed by atoms with E-state index in [1.54, 1.807) is 20.8 Å². The number of nitrogens with one attached hydrogen (secondary N) is 4. The summed E-state index contributed by atoms with van der Waals surface area (Å²) in [5.74, 6) is -1.13. The molecule has 1 saturated heterocycles. The Hall–Kier alpha value is -1.87. The molecule has 1 heterocycles. The molecule has 0 unspecified atom stereocenters. The molecule has 0 aromatic rings. The number of unbranched alkanes of at least 4 members (excludes halogenated alkanes) is 1. The molecule has 0 radical (unpaired) electrons. The van der Waals surface area contributed by atoms with Gasteiger partial charge in [-0.2, -0.15) is 0 Å². The molecular weight excluding hydrogens is 328 g/mol. The van der Waals surface area contributed by atoms with Gasteiger partial charge in [0.15, 0.2) is 0 Å². The van der Waals surface area contributed by atoms with Gasteiger partial charge in [0, 0.05) is 13.0 Å². The minimum absolute atomic E-state index is 0.0293. The number of carboxylic acid groups (broad SMARTS) is 1. The quantitative estimate of drug-likeness (QED) is 0.287. The summed E-state index contributed by atoms with van der Waals surface area (Å²) in [6.45, 7) is 7.58. The van der Waals surface area contributed by atoms with Gasteiger partial charge >= 0.3 is 12.1 Å². The van der Waals surface area contributed by atoms with Crippen molar-refractivity contribution in [1.29, 1.82) is 0 Å². The third kappa shape index (κ3) is 9.88. The van der Waals surface area contributed by atoms with Crippen molar-refractivity contribution in [3.8, 4) is 0 Å². The zero-order chi connectivity index (χ0) is 19.1. The highest BCUT2D eigenvalue weighted by molar-refractivity contribution is 5.80. The molecule has 1 atom stereocenters. The number of aliphatic carboxylic acids is 1. The molecule has 9 heteroatoms. The van der Waals surface area contributed by atoms with Crippen molar-refractivity contribution >= 4 is 18.0 Å². The summed E-state index contributed by atoms with van der Waals surface area (Å²) < 4.78 is 5.06. The van der Waals surface area contributed by atoms with E-state index in [0.29, 0.717) is 32.2 Å². The molecule has 0 aromatic carbocycles. The van der Waals surface area contributed by atoms with Crippen LogP contribution >= 0.6 is 0 Å². The maximum atomic E-state index is 11.7. The highest BCUT2D eigenvalue weighted by atomic mass is 16.6. The number of carbonyl (C=O) groups excluding carboxylic acids is 2. The van der Waals surface area contributed by atoms with Crippen LogP contribution in [-0.4, -0.2) is 46.9 Å². The molecule has 0 spiro atoms. The van der Waals surface area contributed by atoms with E-state index in [9.17, 15) is 14.4 Å². The van der Waals surface area contributed by atoms with E-state index >= 15 is 0 Å². The molecule has 0 saturated carbocycles. The van der Waals surface area contributed by atoms with E-state index in [-0.39, 0.29) is 18.0 Å². The average molecular weight is 358 g/mol. The lowest BCUT2D eigenvalue weighted by Crippen LogP contribution is -2.43. The minimum atomic E-state index is -1.10. The Morgan fingerprint density at radius 2 is 1.84 bits per heavy atom. The van der Waals surface area contributed by atoms with Crippen molar-refractivity contribution in [2.24, 2.45) is 0 Å². The smallest absolute Gasteiger partial charge is 0.408 e. The molecule has 0 aromatic heterocycles. The normalized spacial score (nSPS) is 16.6. The van der Waals surface area contributed by atoms with Gasteiger partial charge in [-0.05, 0) is 53.4 Å². The second-order valence-corrected chi connectivity index (χ2v) is 7.46. The summed E-state index contributed by atoms with van der Waals surface area (Å²) in [4.78, 5) is 34.5. The Kier molecular flexibility index (Phi) is 7.62. The SMILES string of the molecule is CC1(CCC(=O)NCCCC[C@H](NC(=O)OC(C)(C)C)C(=O)O)NN1. The number of rotatable bonds is 10. The molecule has 144 valence electrons. The van der Waals surface area contributed by atoms with Crippen LogP contribution in [-0.2, 0) is 14.3 Å². The van der Waals surface area contributed by atoms with E-state index in [2.05, 4.69) is 21.5 Å². The first-order valence-electron chi connectivity index (χ1n) is 8.54. The van der Waals surface area contributed by atoms with Crippen molar-refractivity contribution in [2.45, 2.75) is 77.1 Å². The number of amides is 2. The third-order valence-corrected chi connectivity index (χ3v) is 3.63. The van der Waals surface area contributed by atoms with Gasteiger partial charge in [-0.15, -0.1) is 0 Å². The molecule has 1 rings (SSSR count). The second-order valence-electron chi connectivity index (χ2n) is 7.46. The molecule has 5 N–H and O–H groups in total. The fraction of sp³-hybridized carbons (Fsp3) is 0.812. The van der Waals surface area contributed by atoms with Crippen LogP contribution in [0.2, 0.25) is 0 Å². The predicted molar refractivity (Wildman–Crippen MR) is 91.6 cm³/mol. The summed E-state index contributed by atoms with van der Waals surface area (Å²) in [5, 5.41) is 14.3. The van der Waals surface area contributed by atoms with Crippen LogP contribution in [0.1, 0.15) is 59.8 Å². The van der Waals surface area contributed by atoms with Crippen LogP contribution in [0.3, 0.4) is 0 Å². The van der Waals surface area contributed by atoms with Crippen molar-refractivity contribution < 1.29 is 24.2 Å². The van der Waals surface area contributed by atoms with Crippen LogP contribution < -0.4 is 21.5 Å². The fourth-order valence-electron chi connectivity index (χ4n) is 2.09. The molecule has 0 aliphatic carbocycles. The van der Waals surface area contributed by atoms with Crippen molar-refractivity contribution in [3.63, 3.8) is 0 Å². The summed E-state index contributed by atoms with van der Waals surface area (Å²) in [6.07, 6.45) is 1.86. The molecular formula is C16H30N4O5. The van der Waals surface area contributed by atoms with Gasteiger partial charge in [-0.3, -0.25) is 4.79 Å². The van der Waals surface area contributed by atoms with Crippen LogP contribution in [0.4, 0.5) is 4.79 Å². The predicted octanol–water partition coefficient (Wildman–Crippen LogP) is 0.855. The number of hydrogen-bond acceptors (Lipinski definition) is 6. The van der Waals surface area contributed by atoms with Gasteiger partial charge < -0.3 is 20.5 Å². The number of carbonyl (C=O) groups is 3. The molecule has 0 bridgehead atoms. The van der Waals surface area contributed by atoms with Crippen molar-refractivity contribution in [1.82, 2.24) is 21.5 Å². The Morgan fingerprint density at radius 1 is 1.20 bits per heavy atom. The fourth-order valence-corrected chi connectivity index (χ4v) is 2.09. The first-order valence-corrected chi connectivity index (χ1v) is 8.54. The van der Waals surface area contributed by atoms with Crippen LogP contribution in [0.15, 0.2) is 0 Å². The van der Waals surface area contributed by atoms with Gasteiger partial charge in [0.25, 0.3) is 0 Å². The van der Waals surface area contributed by atoms with Crippen LogP contribution in [0.5, 0.6) is 0 Å². The Morgan fingerprint density at radius 3 is 2.36 bits per heavy atom. The lowest BCUT2D eigenvalue weighted by atomic mass is 10.1. The lowest BCUT2D eigenvalue weighted by Gasteiger charge is -2.22. The Bertz CT molecular complexity index is 485. The zero-order valence-corrected chi connectivity index (χ0v) is 15.4. The van der Waals surface area contributed by atoms with Crippen molar-refractivity contribution in [3.05, 3.63) is 0 Å². The number of hydrazine groups is 1. The first-order chi connectivity index (χ1) is 11.5. The monoisotopic (exact) mass is 358 g/mol. The molecule has 9 nitrogen and oxygen atoms in total. The van der Waals surface area contributed by atoms with Crippen LogP contribution in [0.25, 0.3) is 0 Å². The summed E-state index contributed by atoms with van der Waals surface area (Å²) in [5.41, 5.74) is 5.12. The number of ether oxygens (including phenoxy) is 1. The molecule has 2 amide bonds. The topological polar surface area (TPSA) is 149 Å². The van der Waals surface area contributed by atoms with E-state index in [1.807, 2.05) is 6.92 Å². The number of hydrogen-bond donors (Lipinski definition) is 5. The summed E-state index contributed by atoms with van der Waals surface area (Å²) in [7, 11) is 0. The summed E-state index contributed by atoms with van der Waals surface area (Å²) >= 11 is 0. The largest absolute Gasteiger partial charge is 0.480 e. The summed E-state index contributed by atoms with van der Waals surface area (Å²) in [6, 6.07) is -1.00. The van der Waals surface area contributed by atoms with Gasteiger partial charge in [0.2, 0.25) is 5.91 Å². The Labute approximate surface area is 148 Å². The number of carboxylic acids is 1. The highest BCUT2D eigenvalue weighted by Gasteiger charge is 2.35. The molecule has 25 heavy (non-hydrogen) atoms. The maximum absolute atomic E-state index is 11.7. The van der Waals surface area contributed by atoms with E-state index in [0.717, 1.165) is 0 Å². The van der Waals surface area contributed by atoms with Crippen molar-refractivity contribution in [2.75, 3.05) is 6.54 Å². The third-order valence-electron chi connectivity index (χ3n) is 3.63. The molecule has 1 aliphatic heterocycles. The number of alkyl carbamates (subject to hydrolysis) is 1. The second kappa shape index (κ2) is 9.00. The average Bonchev–Trinajstić information content (AvgIpc) is 3.19. The standard InChI is InChI=1S/C16H30N4O5/c1-15(2,3)25-14(24)18-11(13(22)23)7-5-6-10-17-12(21)8-9-16(4)19-20-16/h11,19-20H,5-10H2,1-4H3,(H,17,21)(H,18,24)(H,22,23)/t11-/m0/s1. The van der Waals surface area contributed by atoms with Gasteiger partial charge in [-0.25, -0.2) is 20.4 Å². The maximum Gasteiger partial charge on any atom is 0.408 e. The van der Waals surface area contributed by atoms with Crippen LogP contribution in [0, 0.1) is 0 Å². The first kappa shape index (κ1) is 21.2. The van der Waals surface area contributed by atoms with Gasteiger partial charge in [0.05, 0.1) is 5.66 Å². The zero-order valence-electron chi connectivity index (χ0n) is 15.4. The minimum Gasteiger partial charge on any atom is -0.480 e. The van der Waals surface area contributed by atoms with Gasteiger partial charge in [0.1, 0.15) is 11.6 Å². The lowest BCUT2D eigenvalue weighted by molar-refractivity contribution is -0.139. The van der Waals surface area contributed by atoms with Gasteiger partial charge in [-0.1, -0.05) is 0 Å².